The summed E-state index contributed by atoms with van der Waals surface area (Å²) in [5.41, 5.74) is 2.46. The van der Waals surface area contributed by atoms with Crippen LogP contribution in [0.15, 0.2) is 53.7 Å². The lowest BCUT2D eigenvalue weighted by atomic mass is 10.0. The van der Waals surface area contributed by atoms with Crippen LogP contribution in [0, 0.1) is 0 Å². The molecule has 0 aliphatic carbocycles. The fourth-order valence-corrected chi connectivity index (χ4v) is 2.85. The molecule has 1 N–H and O–H groups in total. The van der Waals surface area contributed by atoms with Gasteiger partial charge >= 0.3 is 0 Å². The molecule has 1 heterocycles. The Hall–Kier alpha value is -3.02. The zero-order valence-electron chi connectivity index (χ0n) is 15.1. The average molecular weight is 354 g/mol. The van der Waals surface area contributed by atoms with Crippen molar-refractivity contribution in [3.63, 3.8) is 0 Å². The second-order valence-corrected chi connectivity index (χ2v) is 6.04. The number of hydrogen-bond acceptors (Lipinski definition) is 5. The number of hydrogen-bond donors (Lipinski definition) is 1. The minimum atomic E-state index is -0.660. The second kappa shape index (κ2) is 7.91. The smallest absolute Gasteiger partial charge is 0.264 e. The highest BCUT2D eigenvalue weighted by molar-refractivity contribution is 6.06. The highest BCUT2D eigenvalue weighted by Gasteiger charge is 2.31. The van der Waals surface area contributed by atoms with Crippen LogP contribution in [0.3, 0.4) is 0 Å². The summed E-state index contributed by atoms with van der Waals surface area (Å²) in [5.74, 6) is 1.16. The van der Waals surface area contributed by atoms with Crippen LogP contribution in [0.5, 0.6) is 11.5 Å². The molecule has 6 heteroatoms. The van der Waals surface area contributed by atoms with Gasteiger partial charge in [-0.1, -0.05) is 35.5 Å². The first-order chi connectivity index (χ1) is 12.6. The summed E-state index contributed by atoms with van der Waals surface area (Å²) in [6, 6.07) is 15.1. The highest BCUT2D eigenvalue weighted by Crippen LogP contribution is 2.28. The zero-order chi connectivity index (χ0) is 18.5. The van der Waals surface area contributed by atoms with Crippen LogP contribution < -0.4 is 14.8 Å². The number of methoxy groups -OCH3 is 2. The van der Waals surface area contributed by atoms with Gasteiger partial charge in [0.1, 0.15) is 11.5 Å². The molecule has 2 unspecified atom stereocenters. The molecule has 0 spiro atoms. The van der Waals surface area contributed by atoms with Gasteiger partial charge < -0.3 is 19.6 Å². The summed E-state index contributed by atoms with van der Waals surface area (Å²) in [6.07, 6.45) is -0.288. The number of nitrogens with one attached hydrogen (secondary N) is 1. The molecular formula is C20H22N2O4. The van der Waals surface area contributed by atoms with E-state index in [0.717, 1.165) is 11.1 Å². The predicted octanol–water partition coefficient (Wildman–Crippen LogP) is 3.07. The Morgan fingerprint density at radius 3 is 2.65 bits per heavy atom. The van der Waals surface area contributed by atoms with Crippen LogP contribution in [-0.2, 0) is 9.63 Å². The SMILES string of the molecule is COc1ccc(OC)c(C2=NOC(C(=O)NC(C)c3ccccc3)C2)c1. The number of amides is 1. The molecule has 0 aromatic heterocycles. The van der Waals surface area contributed by atoms with Crippen LogP contribution in [0.4, 0.5) is 0 Å². The molecule has 0 bridgehead atoms. The summed E-state index contributed by atoms with van der Waals surface area (Å²) in [7, 11) is 3.19. The number of rotatable bonds is 6. The molecule has 1 aliphatic heterocycles. The normalized spacial score (nSPS) is 17.0. The lowest BCUT2D eigenvalue weighted by Crippen LogP contribution is -2.36. The number of nitrogens with zero attached hydrogens (tertiary/aromatic N) is 1. The Morgan fingerprint density at radius 1 is 1.19 bits per heavy atom. The maximum atomic E-state index is 12.5. The first kappa shape index (κ1) is 17.8. The van der Waals surface area contributed by atoms with Crippen LogP contribution in [0.1, 0.15) is 30.5 Å². The molecule has 1 aliphatic rings. The predicted molar refractivity (Wildman–Crippen MR) is 98.6 cm³/mol. The lowest BCUT2D eigenvalue weighted by molar-refractivity contribution is -0.131. The van der Waals surface area contributed by atoms with Gasteiger partial charge in [0.25, 0.3) is 5.91 Å². The third-order valence-electron chi connectivity index (χ3n) is 4.34. The van der Waals surface area contributed by atoms with Gasteiger partial charge in [-0.25, -0.2) is 0 Å². The largest absolute Gasteiger partial charge is 0.497 e. The number of carbonyl (C=O) groups is 1. The maximum absolute atomic E-state index is 12.5. The molecule has 2 aromatic rings. The summed E-state index contributed by atoms with van der Waals surface area (Å²) < 4.78 is 10.6. The van der Waals surface area contributed by atoms with Gasteiger partial charge in [-0.15, -0.1) is 0 Å². The van der Waals surface area contributed by atoms with E-state index in [1.807, 2.05) is 55.5 Å². The van der Waals surface area contributed by atoms with Crippen molar-refractivity contribution in [3.05, 3.63) is 59.7 Å². The van der Waals surface area contributed by atoms with Crippen molar-refractivity contribution >= 4 is 11.6 Å². The molecule has 2 atom stereocenters. The molecule has 26 heavy (non-hydrogen) atoms. The molecule has 1 amide bonds. The van der Waals surface area contributed by atoms with Gasteiger partial charge in [-0.05, 0) is 30.7 Å². The van der Waals surface area contributed by atoms with Crippen molar-refractivity contribution < 1.29 is 19.1 Å². The van der Waals surface area contributed by atoms with E-state index >= 15 is 0 Å². The molecule has 0 saturated carbocycles. The first-order valence-corrected chi connectivity index (χ1v) is 8.42. The number of oxime groups is 1. The van der Waals surface area contributed by atoms with E-state index < -0.39 is 6.10 Å². The quantitative estimate of drug-likeness (QED) is 0.866. The highest BCUT2D eigenvalue weighted by atomic mass is 16.6. The molecule has 2 aromatic carbocycles. The lowest BCUT2D eigenvalue weighted by Gasteiger charge is -2.16. The molecular weight excluding hydrogens is 332 g/mol. The van der Waals surface area contributed by atoms with Crippen LogP contribution in [-0.4, -0.2) is 31.9 Å². The third-order valence-corrected chi connectivity index (χ3v) is 4.34. The molecule has 0 radical (unpaired) electrons. The van der Waals surface area contributed by atoms with Gasteiger partial charge in [0, 0.05) is 12.0 Å². The Labute approximate surface area is 152 Å². The van der Waals surface area contributed by atoms with Crippen molar-refractivity contribution in [1.82, 2.24) is 5.32 Å². The molecule has 6 nitrogen and oxygen atoms in total. The van der Waals surface area contributed by atoms with E-state index in [1.54, 1.807) is 14.2 Å². The number of carbonyl (C=O) groups excluding carboxylic acids is 1. The van der Waals surface area contributed by atoms with Gasteiger partial charge in [0.15, 0.2) is 0 Å². The summed E-state index contributed by atoms with van der Waals surface area (Å²) in [4.78, 5) is 17.9. The minimum absolute atomic E-state index is 0.109. The molecule has 0 fully saturated rings. The standard InChI is InChI=1S/C20H22N2O4/c1-13(14-7-5-4-6-8-14)21-20(23)19-12-17(22-26-19)16-11-15(24-2)9-10-18(16)25-3/h4-11,13,19H,12H2,1-3H3,(H,21,23). The maximum Gasteiger partial charge on any atom is 0.264 e. The van der Waals surface area contributed by atoms with Gasteiger partial charge in [0.05, 0.1) is 26.0 Å². The van der Waals surface area contributed by atoms with Crippen molar-refractivity contribution in [2.45, 2.75) is 25.5 Å². The molecule has 136 valence electrons. The van der Waals surface area contributed by atoms with Crippen LogP contribution >= 0.6 is 0 Å². The van der Waals surface area contributed by atoms with Gasteiger partial charge in [-0.2, -0.15) is 0 Å². The van der Waals surface area contributed by atoms with Gasteiger partial charge in [-0.3, -0.25) is 4.79 Å². The fraction of sp³-hybridized carbons (Fsp3) is 0.300. The molecule has 3 rings (SSSR count). The van der Waals surface area contributed by atoms with E-state index in [4.69, 9.17) is 14.3 Å². The van der Waals surface area contributed by atoms with E-state index in [0.29, 0.717) is 23.6 Å². The Morgan fingerprint density at radius 2 is 1.96 bits per heavy atom. The first-order valence-electron chi connectivity index (χ1n) is 8.42. The topological polar surface area (TPSA) is 69.1 Å². The Kier molecular flexibility index (Phi) is 5.41. The minimum Gasteiger partial charge on any atom is -0.497 e. The monoisotopic (exact) mass is 354 g/mol. The second-order valence-electron chi connectivity index (χ2n) is 6.04. The summed E-state index contributed by atoms with van der Waals surface area (Å²) in [5, 5.41) is 7.06. The van der Waals surface area contributed by atoms with Crippen LogP contribution in [0.2, 0.25) is 0 Å². The van der Waals surface area contributed by atoms with Crippen molar-refractivity contribution in [2.75, 3.05) is 14.2 Å². The van der Waals surface area contributed by atoms with E-state index in [9.17, 15) is 4.79 Å². The molecule has 0 saturated heterocycles. The van der Waals surface area contributed by atoms with Gasteiger partial charge in [0.2, 0.25) is 6.10 Å². The average Bonchev–Trinajstić information content (AvgIpc) is 3.18. The van der Waals surface area contributed by atoms with Crippen molar-refractivity contribution in [2.24, 2.45) is 5.16 Å². The zero-order valence-corrected chi connectivity index (χ0v) is 15.1. The summed E-state index contributed by atoms with van der Waals surface area (Å²) >= 11 is 0. The number of benzene rings is 2. The number of ether oxygens (including phenoxy) is 2. The van der Waals surface area contributed by atoms with Crippen molar-refractivity contribution in [3.8, 4) is 11.5 Å². The van der Waals surface area contributed by atoms with E-state index in [2.05, 4.69) is 10.5 Å². The van der Waals surface area contributed by atoms with Crippen molar-refractivity contribution in [1.29, 1.82) is 0 Å². The Bertz CT molecular complexity index is 805. The Balaban J connectivity index is 1.67. The third kappa shape index (κ3) is 3.79. The fourth-order valence-electron chi connectivity index (χ4n) is 2.85. The van der Waals surface area contributed by atoms with E-state index in [-0.39, 0.29) is 11.9 Å². The van der Waals surface area contributed by atoms with E-state index in [1.165, 1.54) is 0 Å². The van der Waals surface area contributed by atoms with Crippen LogP contribution in [0.25, 0.3) is 0 Å². The summed E-state index contributed by atoms with van der Waals surface area (Å²) in [6.45, 7) is 1.94.